The van der Waals surface area contributed by atoms with E-state index in [9.17, 15) is 14.9 Å². The van der Waals surface area contributed by atoms with Crippen LogP contribution >= 0.6 is 0 Å². The molecule has 1 heterocycles. The van der Waals surface area contributed by atoms with E-state index in [0.29, 0.717) is 18.7 Å². The van der Waals surface area contributed by atoms with Gasteiger partial charge in [0.05, 0.1) is 16.2 Å². The molecule has 1 amide bonds. The molecule has 1 aliphatic heterocycles. The van der Waals surface area contributed by atoms with Crippen LogP contribution in [0.15, 0.2) is 18.2 Å². The molecule has 1 aliphatic rings. The lowest BCUT2D eigenvalue weighted by Crippen LogP contribution is -2.41. The molecule has 1 saturated heterocycles. The number of carbonyl (C=O) groups is 1. The molecule has 1 atom stereocenters. The summed E-state index contributed by atoms with van der Waals surface area (Å²) in [6, 6.07) is 5.99. The lowest BCUT2D eigenvalue weighted by Gasteiger charge is -2.30. The normalized spacial score (nSPS) is 18.5. The van der Waals surface area contributed by atoms with Crippen molar-refractivity contribution in [1.82, 2.24) is 4.90 Å². The number of anilines is 1. The topological polar surface area (TPSA) is 99.3 Å². The Hall–Kier alpha value is -2.62. The highest BCUT2D eigenvalue weighted by atomic mass is 16.6. The fourth-order valence-corrected chi connectivity index (χ4v) is 2.15. The summed E-state index contributed by atoms with van der Waals surface area (Å²) in [5, 5.41) is 22.9. The van der Waals surface area contributed by atoms with Gasteiger partial charge >= 0.3 is 0 Å². The molecule has 1 unspecified atom stereocenters. The second kappa shape index (κ2) is 5.57. The first kappa shape index (κ1) is 13.8. The summed E-state index contributed by atoms with van der Waals surface area (Å²) in [7, 11) is 1.76. The van der Waals surface area contributed by atoms with Crippen LogP contribution in [-0.2, 0) is 4.79 Å². The van der Waals surface area contributed by atoms with Crippen LogP contribution in [0.2, 0.25) is 0 Å². The molecular formula is C13H14N4O3. The monoisotopic (exact) mass is 274 g/mol. The van der Waals surface area contributed by atoms with Crippen LogP contribution < -0.4 is 5.32 Å². The van der Waals surface area contributed by atoms with Crippen LogP contribution in [-0.4, -0.2) is 35.4 Å². The van der Waals surface area contributed by atoms with Crippen molar-refractivity contribution >= 4 is 17.3 Å². The van der Waals surface area contributed by atoms with E-state index >= 15 is 0 Å². The number of nitro benzene ring substituents is 1. The van der Waals surface area contributed by atoms with Gasteiger partial charge in [-0.2, -0.15) is 5.26 Å². The number of nitriles is 1. The maximum Gasteiger partial charge on any atom is 0.270 e. The number of likely N-dealkylation sites (tertiary alicyclic amines) is 1. The zero-order chi connectivity index (χ0) is 14.7. The molecule has 0 spiro atoms. The van der Waals surface area contributed by atoms with Crippen LogP contribution in [0, 0.1) is 21.4 Å². The quantitative estimate of drug-likeness (QED) is 0.665. The molecular weight excluding hydrogens is 260 g/mol. The van der Waals surface area contributed by atoms with E-state index in [-0.39, 0.29) is 23.2 Å². The fraction of sp³-hybridized carbons (Fsp3) is 0.385. The average molecular weight is 274 g/mol. The van der Waals surface area contributed by atoms with Gasteiger partial charge in [-0.05, 0) is 12.5 Å². The largest absolute Gasteiger partial charge is 0.381 e. The van der Waals surface area contributed by atoms with Crippen molar-refractivity contribution in [3.8, 4) is 6.07 Å². The van der Waals surface area contributed by atoms with Gasteiger partial charge in [0.2, 0.25) is 5.91 Å². The molecule has 104 valence electrons. The van der Waals surface area contributed by atoms with Gasteiger partial charge in [0.1, 0.15) is 6.07 Å². The minimum Gasteiger partial charge on any atom is -0.381 e. The van der Waals surface area contributed by atoms with Crippen LogP contribution in [0.5, 0.6) is 0 Å². The van der Waals surface area contributed by atoms with E-state index in [1.165, 1.54) is 18.2 Å². The molecule has 7 heteroatoms. The highest BCUT2D eigenvalue weighted by Gasteiger charge is 2.24. The van der Waals surface area contributed by atoms with Gasteiger partial charge in [-0.15, -0.1) is 0 Å². The highest BCUT2D eigenvalue weighted by Crippen LogP contribution is 2.24. The van der Waals surface area contributed by atoms with Gasteiger partial charge in [-0.3, -0.25) is 14.9 Å². The van der Waals surface area contributed by atoms with Crippen molar-refractivity contribution in [3.63, 3.8) is 0 Å². The SMILES string of the molecule is CN1CCC(Nc2ccc([N+](=O)[O-])cc2C#N)CC1=O. The standard InChI is InChI=1S/C13H14N4O3/c1-16-5-4-10(7-13(16)18)15-12-3-2-11(17(19)20)6-9(12)8-14/h2-3,6,10,15H,4-5,7H2,1H3. The first-order valence-corrected chi connectivity index (χ1v) is 6.20. The molecule has 1 aromatic carbocycles. The fourth-order valence-electron chi connectivity index (χ4n) is 2.15. The van der Waals surface area contributed by atoms with Crippen LogP contribution in [0.25, 0.3) is 0 Å². The van der Waals surface area contributed by atoms with Gasteiger partial charge in [0.15, 0.2) is 0 Å². The van der Waals surface area contributed by atoms with E-state index in [2.05, 4.69) is 5.32 Å². The first-order chi connectivity index (χ1) is 9.51. The Morgan fingerprint density at radius 1 is 1.55 bits per heavy atom. The number of nitrogens with zero attached hydrogens (tertiary/aromatic N) is 3. The number of piperidine rings is 1. The Morgan fingerprint density at radius 2 is 2.30 bits per heavy atom. The molecule has 0 aromatic heterocycles. The molecule has 7 nitrogen and oxygen atoms in total. The van der Waals surface area contributed by atoms with Gasteiger partial charge < -0.3 is 10.2 Å². The van der Waals surface area contributed by atoms with E-state index in [4.69, 9.17) is 5.26 Å². The number of nitrogens with one attached hydrogen (secondary N) is 1. The number of hydrogen-bond donors (Lipinski definition) is 1. The number of benzene rings is 1. The molecule has 0 saturated carbocycles. The van der Waals surface area contributed by atoms with E-state index in [1.807, 2.05) is 6.07 Å². The lowest BCUT2D eigenvalue weighted by atomic mass is 10.0. The summed E-state index contributed by atoms with van der Waals surface area (Å²) >= 11 is 0. The maximum absolute atomic E-state index is 11.6. The predicted octanol–water partition coefficient (Wildman–Crippen LogP) is 1.50. The summed E-state index contributed by atoms with van der Waals surface area (Å²) in [5.41, 5.74) is 0.623. The first-order valence-electron chi connectivity index (χ1n) is 6.20. The smallest absolute Gasteiger partial charge is 0.270 e. The summed E-state index contributed by atoms with van der Waals surface area (Å²) in [5.74, 6) is 0.0502. The minimum absolute atomic E-state index is 0.0488. The Labute approximate surface area is 115 Å². The maximum atomic E-state index is 11.6. The van der Waals surface area contributed by atoms with Crippen molar-refractivity contribution in [1.29, 1.82) is 5.26 Å². The van der Waals surface area contributed by atoms with Crippen molar-refractivity contribution in [3.05, 3.63) is 33.9 Å². The molecule has 20 heavy (non-hydrogen) atoms. The van der Waals surface area contributed by atoms with Crippen molar-refractivity contribution in [2.24, 2.45) is 0 Å². The van der Waals surface area contributed by atoms with E-state index < -0.39 is 4.92 Å². The number of non-ortho nitro benzene ring substituents is 1. The number of amides is 1. The van der Waals surface area contributed by atoms with Gasteiger partial charge in [0, 0.05) is 38.2 Å². The molecule has 1 aromatic rings. The summed E-state index contributed by atoms with van der Waals surface area (Å²) < 4.78 is 0. The van der Waals surface area contributed by atoms with Crippen LogP contribution in [0.1, 0.15) is 18.4 Å². The van der Waals surface area contributed by atoms with Crippen LogP contribution in [0.3, 0.4) is 0 Å². The number of nitro groups is 1. The number of carbonyl (C=O) groups excluding carboxylic acids is 1. The number of hydrogen-bond acceptors (Lipinski definition) is 5. The summed E-state index contributed by atoms with van der Waals surface area (Å²) in [4.78, 5) is 23.4. The lowest BCUT2D eigenvalue weighted by molar-refractivity contribution is -0.384. The van der Waals surface area contributed by atoms with Gasteiger partial charge in [0.25, 0.3) is 5.69 Å². The second-order valence-corrected chi connectivity index (χ2v) is 4.75. The minimum atomic E-state index is -0.538. The average Bonchev–Trinajstić information content (AvgIpc) is 2.43. The van der Waals surface area contributed by atoms with Gasteiger partial charge in [-0.25, -0.2) is 0 Å². The Kier molecular flexibility index (Phi) is 3.84. The Bertz CT molecular complexity index is 594. The molecule has 0 radical (unpaired) electrons. The molecule has 1 N–H and O–H groups in total. The highest BCUT2D eigenvalue weighted by molar-refractivity contribution is 5.78. The third kappa shape index (κ3) is 2.85. The summed E-state index contributed by atoms with van der Waals surface area (Å²) in [6.45, 7) is 0.658. The van der Waals surface area contributed by atoms with E-state index in [0.717, 1.165) is 6.42 Å². The van der Waals surface area contributed by atoms with Crippen molar-refractivity contribution in [2.45, 2.75) is 18.9 Å². The van der Waals surface area contributed by atoms with E-state index in [1.54, 1.807) is 11.9 Å². The Balaban J connectivity index is 2.16. The van der Waals surface area contributed by atoms with Crippen molar-refractivity contribution < 1.29 is 9.72 Å². The molecule has 2 rings (SSSR count). The third-order valence-corrected chi connectivity index (χ3v) is 3.35. The molecule has 0 aliphatic carbocycles. The third-order valence-electron chi connectivity index (χ3n) is 3.35. The zero-order valence-electron chi connectivity index (χ0n) is 11.0. The molecule has 0 bridgehead atoms. The van der Waals surface area contributed by atoms with Gasteiger partial charge in [-0.1, -0.05) is 0 Å². The number of rotatable bonds is 3. The predicted molar refractivity (Wildman–Crippen MR) is 72.1 cm³/mol. The van der Waals surface area contributed by atoms with Crippen molar-refractivity contribution in [2.75, 3.05) is 18.9 Å². The van der Waals surface area contributed by atoms with Crippen LogP contribution in [0.4, 0.5) is 11.4 Å². The zero-order valence-corrected chi connectivity index (χ0v) is 11.0. The summed E-state index contributed by atoms with van der Waals surface area (Å²) in [6.07, 6.45) is 1.14. The second-order valence-electron chi connectivity index (χ2n) is 4.75. The molecule has 1 fully saturated rings. The Morgan fingerprint density at radius 3 is 2.90 bits per heavy atom.